The molecule has 0 N–H and O–H groups in total. The number of ketones is 1. The van der Waals surface area contributed by atoms with Gasteiger partial charge in [-0.1, -0.05) is 12.1 Å². The number of hydrogen-bond donors (Lipinski definition) is 0. The highest BCUT2D eigenvalue weighted by molar-refractivity contribution is 6.11. The molecule has 0 aliphatic rings. The van der Waals surface area contributed by atoms with Gasteiger partial charge in [0.05, 0.1) is 21.3 Å². The summed E-state index contributed by atoms with van der Waals surface area (Å²) in [5, 5.41) is 0. The third-order valence-electron chi connectivity index (χ3n) is 4.69. The van der Waals surface area contributed by atoms with Crippen molar-refractivity contribution in [3.05, 3.63) is 53.1 Å². The van der Waals surface area contributed by atoms with Crippen LogP contribution in [0.5, 0.6) is 17.2 Å². The van der Waals surface area contributed by atoms with E-state index in [-0.39, 0.29) is 5.78 Å². The Kier molecular flexibility index (Phi) is 7.50. The number of carbonyl (C=O) groups is 1. The van der Waals surface area contributed by atoms with Gasteiger partial charge in [-0.05, 0) is 62.2 Å². The minimum Gasteiger partial charge on any atom is -0.493 e. The number of ether oxygens (including phenoxy) is 3. The molecule has 2 aromatic carbocycles. The van der Waals surface area contributed by atoms with Crippen molar-refractivity contribution < 1.29 is 19.0 Å². The molecule has 0 aliphatic heterocycles. The van der Waals surface area contributed by atoms with Crippen LogP contribution >= 0.6 is 0 Å². The van der Waals surface area contributed by atoms with Crippen molar-refractivity contribution in [1.29, 1.82) is 0 Å². The average Bonchev–Trinajstić information content (AvgIpc) is 2.73. The molecule has 0 spiro atoms. The molecular weight excluding hydrogens is 354 g/mol. The summed E-state index contributed by atoms with van der Waals surface area (Å²) in [4.78, 5) is 15.2. The van der Waals surface area contributed by atoms with Crippen molar-refractivity contribution in [3.8, 4) is 17.2 Å². The van der Waals surface area contributed by atoms with Gasteiger partial charge >= 0.3 is 0 Å². The molecular formula is C23H29NO4. The fourth-order valence-electron chi connectivity index (χ4n) is 3.13. The van der Waals surface area contributed by atoms with Crippen LogP contribution in [0.4, 0.5) is 5.69 Å². The van der Waals surface area contributed by atoms with Gasteiger partial charge in [-0.3, -0.25) is 4.79 Å². The third-order valence-corrected chi connectivity index (χ3v) is 4.69. The third kappa shape index (κ3) is 4.66. The first-order chi connectivity index (χ1) is 13.5. The number of nitrogens with zero attached hydrogens (tertiary/aromatic N) is 1. The van der Waals surface area contributed by atoms with Gasteiger partial charge in [-0.15, -0.1) is 0 Å². The van der Waals surface area contributed by atoms with E-state index >= 15 is 0 Å². The van der Waals surface area contributed by atoms with Gasteiger partial charge in [0.15, 0.2) is 17.3 Å². The van der Waals surface area contributed by atoms with Crippen molar-refractivity contribution in [2.75, 3.05) is 39.3 Å². The monoisotopic (exact) mass is 383 g/mol. The van der Waals surface area contributed by atoms with Crippen LogP contribution in [0, 0.1) is 0 Å². The Bertz CT molecular complexity index is 811. The Hall–Kier alpha value is -2.95. The van der Waals surface area contributed by atoms with Crippen LogP contribution in [0.15, 0.2) is 42.0 Å². The first-order valence-corrected chi connectivity index (χ1v) is 9.36. The summed E-state index contributed by atoms with van der Waals surface area (Å²) >= 11 is 0. The van der Waals surface area contributed by atoms with Crippen LogP contribution in [-0.4, -0.2) is 40.2 Å². The molecule has 0 radical (unpaired) electrons. The minimum atomic E-state index is -0.0907. The van der Waals surface area contributed by atoms with Gasteiger partial charge in [0, 0.05) is 24.3 Å². The molecule has 0 amide bonds. The largest absolute Gasteiger partial charge is 0.493 e. The molecule has 0 saturated carbocycles. The number of Topliss-reactive ketones (excluding diaryl/α,β-unsaturated/α-hetero) is 1. The number of rotatable bonds is 9. The molecule has 0 aliphatic carbocycles. The summed E-state index contributed by atoms with van der Waals surface area (Å²) < 4.78 is 16.0. The van der Waals surface area contributed by atoms with Crippen molar-refractivity contribution in [3.63, 3.8) is 0 Å². The molecule has 2 rings (SSSR count). The maximum atomic E-state index is 12.9. The smallest absolute Gasteiger partial charge is 0.203 e. The van der Waals surface area contributed by atoms with E-state index in [1.807, 2.05) is 25.1 Å². The lowest BCUT2D eigenvalue weighted by molar-refractivity contribution is 0.103. The van der Waals surface area contributed by atoms with Crippen LogP contribution < -0.4 is 19.1 Å². The van der Waals surface area contributed by atoms with E-state index in [2.05, 4.69) is 30.9 Å². The second kappa shape index (κ2) is 9.83. The highest BCUT2D eigenvalue weighted by atomic mass is 16.5. The quantitative estimate of drug-likeness (QED) is 0.458. The predicted molar refractivity (Wildman–Crippen MR) is 114 cm³/mol. The Morgan fingerprint density at radius 2 is 1.46 bits per heavy atom. The number of anilines is 1. The van der Waals surface area contributed by atoms with Crippen LogP contribution in [0.2, 0.25) is 0 Å². The van der Waals surface area contributed by atoms with Crippen molar-refractivity contribution in [1.82, 2.24) is 0 Å². The fourth-order valence-corrected chi connectivity index (χ4v) is 3.13. The molecule has 150 valence electrons. The molecule has 0 aromatic heterocycles. The highest BCUT2D eigenvalue weighted by Crippen LogP contribution is 2.38. The highest BCUT2D eigenvalue weighted by Gasteiger charge is 2.18. The second-order valence-corrected chi connectivity index (χ2v) is 6.33. The molecule has 5 heteroatoms. The summed E-state index contributed by atoms with van der Waals surface area (Å²) in [6, 6.07) is 11.6. The van der Waals surface area contributed by atoms with E-state index in [1.54, 1.807) is 12.1 Å². The summed E-state index contributed by atoms with van der Waals surface area (Å²) in [7, 11) is 4.60. The zero-order valence-electron chi connectivity index (χ0n) is 17.5. The lowest BCUT2D eigenvalue weighted by Crippen LogP contribution is -2.21. The van der Waals surface area contributed by atoms with Gasteiger partial charge in [0.1, 0.15) is 0 Å². The van der Waals surface area contributed by atoms with E-state index in [0.717, 1.165) is 18.7 Å². The maximum absolute atomic E-state index is 12.9. The van der Waals surface area contributed by atoms with Gasteiger partial charge < -0.3 is 19.1 Å². The summed E-state index contributed by atoms with van der Waals surface area (Å²) in [5.74, 6) is 1.30. The van der Waals surface area contributed by atoms with Crippen LogP contribution in [-0.2, 0) is 0 Å². The molecule has 0 bridgehead atoms. The van der Waals surface area contributed by atoms with Gasteiger partial charge in [-0.2, -0.15) is 0 Å². The molecule has 5 nitrogen and oxygen atoms in total. The summed E-state index contributed by atoms with van der Waals surface area (Å²) in [6.07, 6.45) is 1.89. The van der Waals surface area contributed by atoms with Crippen molar-refractivity contribution in [2.45, 2.75) is 20.8 Å². The van der Waals surface area contributed by atoms with E-state index in [1.165, 1.54) is 27.0 Å². The van der Waals surface area contributed by atoms with Gasteiger partial charge in [-0.25, -0.2) is 0 Å². The van der Waals surface area contributed by atoms with Crippen LogP contribution in [0.3, 0.4) is 0 Å². The Morgan fingerprint density at radius 1 is 0.929 bits per heavy atom. The first kappa shape index (κ1) is 21.4. The standard InChI is InChI=1S/C23H29NO4/c1-7-24(8-2)19-11-9-17(10-12-19)13-16(3)22(25)18-14-20(26-4)23(28-6)21(15-18)27-5/h9-15H,7-8H2,1-6H3/b16-13+. The second-order valence-electron chi connectivity index (χ2n) is 6.33. The average molecular weight is 383 g/mol. The maximum Gasteiger partial charge on any atom is 0.203 e. The van der Waals surface area contributed by atoms with E-state index in [0.29, 0.717) is 28.4 Å². The predicted octanol–water partition coefficient (Wildman–Crippen LogP) is 4.84. The van der Waals surface area contributed by atoms with Crippen molar-refractivity contribution in [2.24, 2.45) is 0 Å². The topological polar surface area (TPSA) is 48.0 Å². The molecule has 0 heterocycles. The lowest BCUT2D eigenvalue weighted by Gasteiger charge is -2.20. The zero-order chi connectivity index (χ0) is 20.7. The van der Waals surface area contributed by atoms with Gasteiger partial charge in [0.2, 0.25) is 5.75 Å². The molecule has 0 unspecified atom stereocenters. The normalized spacial score (nSPS) is 11.1. The summed E-state index contributed by atoms with van der Waals surface area (Å²) in [6.45, 7) is 8.01. The number of hydrogen-bond acceptors (Lipinski definition) is 5. The lowest BCUT2D eigenvalue weighted by atomic mass is 10.0. The van der Waals surface area contributed by atoms with E-state index in [9.17, 15) is 4.79 Å². The number of carbonyl (C=O) groups excluding carboxylic acids is 1. The number of benzene rings is 2. The fraction of sp³-hybridized carbons (Fsp3) is 0.348. The summed E-state index contributed by atoms with van der Waals surface area (Å²) in [5.41, 5.74) is 3.28. The molecule has 0 fully saturated rings. The van der Waals surface area contributed by atoms with E-state index < -0.39 is 0 Å². The molecule has 2 aromatic rings. The Balaban J connectivity index is 2.31. The van der Waals surface area contributed by atoms with Crippen LogP contribution in [0.25, 0.3) is 6.08 Å². The number of allylic oxidation sites excluding steroid dienone is 1. The Morgan fingerprint density at radius 3 is 1.89 bits per heavy atom. The first-order valence-electron chi connectivity index (χ1n) is 9.36. The molecule has 28 heavy (non-hydrogen) atoms. The minimum absolute atomic E-state index is 0.0907. The Labute approximate surface area is 167 Å². The van der Waals surface area contributed by atoms with E-state index in [4.69, 9.17) is 14.2 Å². The van der Waals surface area contributed by atoms with Crippen molar-refractivity contribution >= 4 is 17.5 Å². The zero-order valence-corrected chi connectivity index (χ0v) is 17.5. The van der Waals surface area contributed by atoms with Crippen LogP contribution in [0.1, 0.15) is 36.7 Å². The van der Waals surface area contributed by atoms with Gasteiger partial charge in [0.25, 0.3) is 0 Å². The number of methoxy groups -OCH3 is 3. The molecule has 0 atom stereocenters. The SMILES string of the molecule is CCN(CC)c1ccc(/C=C(\C)C(=O)c2cc(OC)c(OC)c(OC)c2)cc1. The molecule has 0 saturated heterocycles.